The number of nitrogens with zero attached hydrogens (tertiary/aromatic N) is 1. The van der Waals surface area contributed by atoms with Crippen LogP contribution in [0.5, 0.6) is 5.75 Å². The van der Waals surface area contributed by atoms with E-state index in [1.807, 2.05) is 12.1 Å². The summed E-state index contributed by atoms with van der Waals surface area (Å²) in [6.45, 7) is 0. The third-order valence-electron chi connectivity index (χ3n) is 3.29. The fourth-order valence-electron chi connectivity index (χ4n) is 2.43. The van der Waals surface area contributed by atoms with Crippen molar-refractivity contribution in [3.63, 3.8) is 0 Å². The van der Waals surface area contributed by atoms with Crippen molar-refractivity contribution in [1.29, 1.82) is 0 Å². The number of aromatic hydroxyl groups is 1. The maximum Gasteiger partial charge on any atom is 0.344 e. The van der Waals surface area contributed by atoms with Crippen molar-refractivity contribution < 1.29 is 9.52 Å². The third-order valence-corrected chi connectivity index (χ3v) is 3.29. The highest BCUT2D eigenvalue weighted by molar-refractivity contribution is 6.14. The Hall–Kier alpha value is -2.82. The Balaban J connectivity index is 2.37. The molecule has 2 N–H and O–H groups in total. The number of benzene rings is 2. The molecule has 92 valence electrons. The molecule has 0 aliphatic carbocycles. The summed E-state index contributed by atoms with van der Waals surface area (Å²) in [7, 11) is 0. The van der Waals surface area contributed by atoms with Gasteiger partial charge in [-0.25, -0.2) is 4.79 Å². The molecule has 0 radical (unpaired) electrons. The second-order valence-electron chi connectivity index (χ2n) is 4.39. The molecular formula is C14H8N2O3. The predicted molar refractivity (Wildman–Crippen MR) is 71.3 cm³/mol. The highest BCUT2D eigenvalue weighted by Gasteiger charge is 2.11. The summed E-state index contributed by atoms with van der Waals surface area (Å²) in [5.74, 6) is 0.0689. The number of aromatic amines is 1. The van der Waals surface area contributed by atoms with E-state index in [1.54, 1.807) is 18.3 Å². The lowest BCUT2D eigenvalue weighted by atomic mass is 10.0. The number of H-pyrrole nitrogens is 1. The number of rotatable bonds is 0. The smallest absolute Gasteiger partial charge is 0.344 e. The first-order chi connectivity index (χ1) is 9.24. The predicted octanol–water partition coefficient (Wildman–Crippen LogP) is 2.53. The number of fused-ring (bicyclic) bond motifs is 5. The van der Waals surface area contributed by atoms with E-state index >= 15 is 0 Å². The number of aromatic nitrogens is 2. The second-order valence-corrected chi connectivity index (χ2v) is 4.39. The van der Waals surface area contributed by atoms with Gasteiger partial charge in [0.2, 0.25) is 0 Å². The first-order valence-corrected chi connectivity index (χ1v) is 5.76. The zero-order valence-corrected chi connectivity index (χ0v) is 9.68. The van der Waals surface area contributed by atoms with Crippen LogP contribution in [0.25, 0.3) is 32.6 Å². The fraction of sp³-hybridized carbons (Fsp3) is 0. The summed E-state index contributed by atoms with van der Waals surface area (Å²) in [6.07, 6.45) is 1.61. The number of phenols is 1. The van der Waals surface area contributed by atoms with Gasteiger partial charge >= 0.3 is 5.63 Å². The van der Waals surface area contributed by atoms with Crippen LogP contribution in [-0.2, 0) is 0 Å². The van der Waals surface area contributed by atoms with Crippen LogP contribution in [0.2, 0.25) is 0 Å². The Labute approximate surface area is 106 Å². The molecule has 0 aliphatic rings. The maximum atomic E-state index is 12.1. The molecule has 0 bridgehead atoms. The Morgan fingerprint density at radius 2 is 1.95 bits per heavy atom. The molecule has 19 heavy (non-hydrogen) atoms. The molecule has 0 amide bonds. The monoisotopic (exact) mass is 252 g/mol. The molecule has 5 nitrogen and oxygen atoms in total. The minimum absolute atomic E-state index is 0.0689. The molecule has 0 unspecified atom stereocenters. The van der Waals surface area contributed by atoms with Gasteiger partial charge in [0.05, 0.1) is 17.1 Å². The summed E-state index contributed by atoms with van der Waals surface area (Å²) in [6, 6.07) is 8.47. The summed E-state index contributed by atoms with van der Waals surface area (Å²) in [4.78, 5) is 12.1. The zero-order chi connectivity index (χ0) is 13.0. The molecule has 0 saturated carbocycles. The van der Waals surface area contributed by atoms with Crippen molar-refractivity contribution in [2.45, 2.75) is 0 Å². The van der Waals surface area contributed by atoms with E-state index in [2.05, 4.69) is 10.2 Å². The van der Waals surface area contributed by atoms with Gasteiger partial charge in [-0.1, -0.05) is 6.07 Å². The van der Waals surface area contributed by atoms with Crippen molar-refractivity contribution in [1.82, 2.24) is 10.2 Å². The van der Waals surface area contributed by atoms with Crippen LogP contribution in [0, 0.1) is 0 Å². The van der Waals surface area contributed by atoms with Gasteiger partial charge in [0.25, 0.3) is 0 Å². The lowest BCUT2D eigenvalue weighted by Gasteiger charge is -2.03. The molecule has 0 atom stereocenters. The molecule has 2 heterocycles. The molecule has 2 aromatic carbocycles. The van der Waals surface area contributed by atoms with Crippen LogP contribution in [0.15, 0.2) is 45.7 Å². The van der Waals surface area contributed by atoms with Crippen LogP contribution >= 0.6 is 0 Å². The van der Waals surface area contributed by atoms with E-state index in [9.17, 15) is 9.90 Å². The van der Waals surface area contributed by atoms with E-state index in [-0.39, 0.29) is 5.75 Å². The van der Waals surface area contributed by atoms with Gasteiger partial charge in [0, 0.05) is 22.2 Å². The van der Waals surface area contributed by atoms with Gasteiger partial charge in [0.1, 0.15) is 11.3 Å². The Bertz CT molecular complexity index is 998. The number of hydrogen-bond acceptors (Lipinski definition) is 4. The average molecular weight is 252 g/mol. The van der Waals surface area contributed by atoms with Gasteiger partial charge in [0.15, 0.2) is 0 Å². The van der Waals surface area contributed by atoms with Crippen LogP contribution < -0.4 is 5.63 Å². The van der Waals surface area contributed by atoms with Gasteiger partial charge < -0.3 is 9.52 Å². The molecule has 2 aromatic heterocycles. The molecule has 4 rings (SSSR count). The molecular weight excluding hydrogens is 244 g/mol. The van der Waals surface area contributed by atoms with Crippen molar-refractivity contribution in [2.24, 2.45) is 0 Å². The van der Waals surface area contributed by atoms with Crippen molar-refractivity contribution >= 4 is 32.6 Å². The topological polar surface area (TPSA) is 79.1 Å². The molecule has 0 saturated heterocycles. The maximum absolute atomic E-state index is 12.1. The van der Waals surface area contributed by atoms with Crippen molar-refractivity contribution in [2.75, 3.05) is 0 Å². The third kappa shape index (κ3) is 1.29. The minimum atomic E-state index is -0.430. The normalized spacial score (nSPS) is 11.6. The lowest BCUT2D eigenvalue weighted by Crippen LogP contribution is -2.00. The van der Waals surface area contributed by atoms with Crippen LogP contribution in [0.4, 0.5) is 0 Å². The van der Waals surface area contributed by atoms with E-state index in [1.165, 1.54) is 6.07 Å². The van der Waals surface area contributed by atoms with Crippen molar-refractivity contribution in [3.05, 3.63) is 46.9 Å². The van der Waals surface area contributed by atoms with E-state index in [0.29, 0.717) is 11.0 Å². The summed E-state index contributed by atoms with van der Waals surface area (Å²) < 4.78 is 5.28. The Kier molecular flexibility index (Phi) is 1.79. The average Bonchev–Trinajstić information content (AvgIpc) is 2.86. The number of hydrogen-bond donors (Lipinski definition) is 2. The summed E-state index contributed by atoms with van der Waals surface area (Å²) in [5, 5.41) is 19.0. The first-order valence-electron chi connectivity index (χ1n) is 5.76. The second kappa shape index (κ2) is 3.35. The number of nitrogens with one attached hydrogen (secondary N) is 1. The minimum Gasteiger partial charge on any atom is -0.508 e. The zero-order valence-electron chi connectivity index (χ0n) is 9.68. The molecule has 0 fully saturated rings. The van der Waals surface area contributed by atoms with E-state index in [4.69, 9.17) is 4.42 Å². The quantitative estimate of drug-likeness (QED) is 0.372. The standard InChI is InChI=1S/C14H8N2O3/c17-7-1-2-8-9-3-4-11-10(6-15-16-11)13(9)14(18)19-12(8)5-7/h1-6,17H,(H,15,16). The Morgan fingerprint density at radius 3 is 2.84 bits per heavy atom. The molecule has 0 aliphatic heterocycles. The van der Waals surface area contributed by atoms with E-state index < -0.39 is 5.63 Å². The highest BCUT2D eigenvalue weighted by Crippen LogP contribution is 2.29. The summed E-state index contributed by atoms with van der Waals surface area (Å²) >= 11 is 0. The van der Waals surface area contributed by atoms with Gasteiger partial charge in [-0.3, -0.25) is 5.10 Å². The van der Waals surface area contributed by atoms with Crippen molar-refractivity contribution in [3.8, 4) is 5.75 Å². The number of phenolic OH excluding ortho intramolecular Hbond substituents is 1. The summed E-state index contributed by atoms with van der Waals surface area (Å²) in [5.41, 5.74) is 0.735. The SMILES string of the molecule is O=c1oc2cc(O)ccc2c2ccc3[nH]ncc3c12. The van der Waals surface area contributed by atoms with Gasteiger partial charge in [-0.05, 0) is 18.2 Å². The molecule has 0 spiro atoms. The Morgan fingerprint density at radius 1 is 1.11 bits per heavy atom. The van der Waals surface area contributed by atoms with Gasteiger partial charge in [-0.15, -0.1) is 0 Å². The van der Waals surface area contributed by atoms with Crippen LogP contribution in [-0.4, -0.2) is 15.3 Å². The highest BCUT2D eigenvalue weighted by atomic mass is 16.4. The van der Waals surface area contributed by atoms with Gasteiger partial charge in [-0.2, -0.15) is 5.10 Å². The molecule has 4 aromatic rings. The van der Waals surface area contributed by atoms with Crippen LogP contribution in [0.1, 0.15) is 0 Å². The fourth-order valence-corrected chi connectivity index (χ4v) is 2.43. The van der Waals surface area contributed by atoms with E-state index in [0.717, 1.165) is 21.7 Å². The lowest BCUT2D eigenvalue weighted by molar-refractivity contribution is 0.473. The van der Waals surface area contributed by atoms with Crippen LogP contribution in [0.3, 0.4) is 0 Å². The molecule has 5 heteroatoms. The first kappa shape index (κ1) is 10.1. The largest absolute Gasteiger partial charge is 0.508 e.